The van der Waals surface area contributed by atoms with E-state index in [1.165, 1.54) is 24.3 Å². The van der Waals surface area contributed by atoms with Crippen LogP contribution in [0.3, 0.4) is 0 Å². The Labute approximate surface area is 185 Å². The van der Waals surface area contributed by atoms with Crippen LogP contribution in [0.2, 0.25) is 0 Å². The predicted octanol–water partition coefficient (Wildman–Crippen LogP) is 6.00. The lowest BCUT2D eigenvalue weighted by atomic mass is 10.1. The van der Waals surface area contributed by atoms with Gasteiger partial charge in [-0.2, -0.15) is 0 Å². The highest BCUT2D eigenvalue weighted by molar-refractivity contribution is 7.85. The third-order valence-electron chi connectivity index (χ3n) is 4.96. The molecule has 0 amide bonds. The van der Waals surface area contributed by atoms with Gasteiger partial charge < -0.3 is 0 Å². The lowest BCUT2D eigenvalue weighted by Crippen LogP contribution is -1.93. The van der Waals surface area contributed by atoms with E-state index < -0.39 is 20.6 Å². The normalized spacial score (nSPS) is 10.8. The predicted molar refractivity (Wildman–Crippen MR) is 122 cm³/mol. The Morgan fingerprint density at radius 2 is 0.719 bits per heavy atom. The molecule has 0 heterocycles. The number of benzene rings is 4. The van der Waals surface area contributed by atoms with Crippen molar-refractivity contribution >= 4 is 22.2 Å². The monoisotopic (exact) mass is 444 g/mol. The molecule has 0 saturated carbocycles. The van der Waals surface area contributed by atoms with Crippen LogP contribution in [0.15, 0.2) is 107 Å². The van der Waals surface area contributed by atoms with E-state index in [0.29, 0.717) is 9.79 Å². The molecule has 0 aliphatic carbocycles. The first-order chi connectivity index (χ1) is 15.4. The maximum Gasteiger partial charge on any atom is 0.269 e. The molecule has 4 aromatic rings. The van der Waals surface area contributed by atoms with Crippen molar-refractivity contribution in [2.45, 2.75) is 9.79 Å². The standard InChI is InChI=1S/C24H16N2O5S/c27-25(28)21-9-1-17(2-10-21)19-5-13-23(14-6-19)32(31)24-15-7-20(8-16-24)18-3-11-22(12-4-18)26(29)30/h1-16H. The van der Waals surface area contributed by atoms with Crippen LogP contribution >= 0.6 is 0 Å². The fourth-order valence-electron chi connectivity index (χ4n) is 3.23. The molecule has 0 aliphatic rings. The highest BCUT2D eigenvalue weighted by Gasteiger charge is 2.10. The molecular formula is C24H16N2O5S. The molecule has 7 nitrogen and oxygen atoms in total. The van der Waals surface area contributed by atoms with E-state index in [4.69, 9.17) is 0 Å². The van der Waals surface area contributed by atoms with Crippen LogP contribution in [0.1, 0.15) is 0 Å². The molecule has 158 valence electrons. The van der Waals surface area contributed by atoms with Crippen LogP contribution in [-0.4, -0.2) is 14.1 Å². The van der Waals surface area contributed by atoms with E-state index in [9.17, 15) is 24.4 Å². The van der Waals surface area contributed by atoms with E-state index in [1.807, 2.05) is 24.3 Å². The Hall–Kier alpha value is -4.17. The summed E-state index contributed by atoms with van der Waals surface area (Å²) in [6.45, 7) is 0. The summed E-state index contributed by atoms with van der Waals surface area (Å²) in [7, 11) is -1.37. The SMILES string of the molecule is O=[N+]([O-])c1ccc(-c2ccc(S(=O)c3ccc(-c4ccc([N+](=O)[O-])cc4)cc3)cc2)cc1. The summed E-state index contributed by atoms with van der Waals surface area (Å²) in [6, 6.07) is 27.0. The fraction of sp³-hybridized carbons (Fsp3) is 0. The first-order valence-corrected chi connectivity index (χ1v) is 10.7. The van der Waals surface area contributed by atoms with Gasteiger partial charge in [0.1, 0.15) is 0 Å². The number of nitro groups is 2. The summed E-state index contributed by atoms with van der Waals surface area (Å²) in [6.07, 6.45) is 0. The molecule has 0 bridgehead atoms. The molecule has 0 fully saturated rings. The van der Waals surface area contributed by atoms with E-state index in [-0.39, 0.29) is 11.4 Å². The second-order valence-corrected chi connectivity index (χ2v) is 8.41. The zero-order valence-corrected chi connectivity index (χ0v) is 17.4. The van der Waals surface area contributed by atoms with Gasteiger partial charge in [-0.15, -0.1) is 0 Å². The fourth-order valence-corrected chi connectivity index (χ4v) is 4.27. The van der Waals surface area contributed by atoms with Crippen LogP contribution in [0, 0.1) is 20.2 Å². The van der Waals surface area contributed by atoms with Gasteiger partial charge in [-0.05, 0) is 70.8 Å². The van der Waals surface area contributed by atoms with Crippen molar-refractivity contribution in [3.8, 4) is 22.3 Å². The van der Waals surface area contributed by atoms with Crippen molar-refractivity contribution in [3.05, 3.63) is 117 Å². The molecule has 0 aliphatic heterocycles. The smallest absolute Gasteiger partial charge is 0.258 e. The summed E-state index contributed by atoms with van der Waals surface area (Å²) in [5.74, 6) is 0. The third kappa shape index (κ3) is 4.45. The summed E-state index contributed by atoms with van der Waals surface area (Å²) in [5.41, 5.74) is 3.47. The second kappa shape index (κ2) is 8.91. The number of hydrogen-bond acceptors (Lipinski definition) is 5. The van der Waals surface area contributed by atoms with Gasteiger partial charge >= 0.3 is 0 Å². The highest BCUT2D eigenvalue weighted by Crippen LogP contribution is 2.27. The number of rotatable bonds is 6. The van der Waals surface area contributed by atoms with E-state index in [1.54, 1.807) is 48.5 Å². The quantitative estimate of drug-likeness (QED) is 0.268. The summed E-state index contributed by atoms with van der Waals surface area (Å²) in [5, 5.41) is 21.6. The minimum atomic E-state index is -1.37. The largest absolute Gasteiger partial charge is 0.269 e. The molecular weight excluding hydrogens is 428 g/mol. The van der Waals surface area contributed by atoms with Crippen LogP contribution < -0.4 is 0 Å². The van der Waals surface area contributed by atoms with Gasteiger partial charge in [-0.3, -0.25) is 20.2 Å². The average Bonchev–Trinajstić information content (AvgIpc) is 2.84. The third-order valence-corrected chi connectivity index (χ3v) is 6.36. The van der Waals surface area contributed by atoms with E-state index in [2.05, 4.69) is 0 Å². The molecule has 4 rings (SSSR count). The van der Waals surface area contributed by atoms with Gasteiger partial charge in [-0.25, -0.2) is 4.21 Å². The highest BCUT2D eigenvalue weighted by atomic mass is 32.2. The molecule has 0 N–H and O–H groups in total. The number of non-ortho nitro benzene ring substituents is 2. The van der Waals surface area contributed by atoms with Crippen molar-refractivity contribution in [1.82, 2.24) is 0 Å². The van der Waals surface area contributed by atoms with Crippen molar-refractivity contribution in [2.75, 3.05) is 0 Å². The molecule has 4 aromatic carbocycles. The Kier molecular flexibility index (Phi) is 5.87. The molecule has 0 atom stereocenters. The Morgan fingerprint density at radius 3 is 0.969 bits per heavy atom. The first kappa shape index (κ1) is 21.1. The molecule has 0 aromatic heterocycles. The molecule has 0 spiro atoms. The zero-order valence-electron chi connectivity index (χ0n) is 16.6. The first-order valence-electron chi connectivity index (χ1n) is 9.54. The number of nitrogens with zero attached hydrogens (tertiary/aromatic N) is 2. The summed E-state index contributed by atoms with van der Waals surface area (Å²) < 4.78 is 12.9. The van der Waals surface area contributed by atoms with Crippen molar-refractivity contribution < 1.29 is 14.1 Å². The average molecular weight is 444 g/mol. The van der Waals surface area contributed by atoms with Crippen LogP contribution in [-0.2, 0) is 10.8 Å². The van der Waals surface area contributed by atoms with Crippen molar-refractivity contribution in [3.63, 3.8) is 0 Å². The lowest BCUT2D eigenvalue weighted by molar-refractivity contribution is -0.385. The topological polar surface area (TPSA) is 103 Å². The van der Waals surface area contributed by atoms with Gasteiger partial charge in [0.25, 0.3) is 11.4 Å². The van der Waals surface area contributed by atoms with Gasteiger partial charge in [-0.1, -0.05) is 24.3 Å². The van der Waals surface area contributed by atoms with E-state index >= 15 is 0 Å². The van der Waals surface area contributed by atoms with E-state index in [0.717, 1.165) is 22.3 Å². The minimum Gasteiger partial charge on any atom is -0.258 e. The summed E-state index contributed by atoms with van der Waals surface area (Å²) >= 11 is 0. The Bertz CT molecular complexity index is 1200. The maximum absolute atomic E-state index is 12.9. The van der Waals surface area contributed by atoms with Gasteiger partial charge in [0.05, 0.1) is 20.6 Å². The van der Waals surface area contributed by atoms with Crippen molar-refractivity contribution in [2.24, 2.45) is 0 Å². The van der Waals surface area contributed by atoms with Gasteiger partial charge in [0.2, 0.25) is 0 Å². The summed E-state index contributed by atoms with van der Waals surface area (Å²) in [4.78, 5) is 22.0. The number of hydrogen-bond donors (Lipinski definition) is 0. The van der Waals surface area contributed by atoms with Crippen molar-refractivity contribution in [1.29, 1.82) is 0 Å². The van der Waals surface area contributed by atoms with Gasteiger partial charge in [0.15, 0.2) is 0 Å². The van der Waals surface area contributed by atoms with Crippen LogP contribution in [0.5, 0.6) is 0 Å². The Balaban J connectivity index is 1.50. The molecule has 32 heavy (non-hydrogen) atoms. The molecule has 8 heteroatoms. The number of nitro benzene ring substituents is 2. The Morgan fingerprint density at radius 1 is 0.469 bits per heavy atom. The minimum absolute atomic E-state index is 0.0312. The second-order valence-electron chi connectivity index (χ2n) is 6.93. The molecule has 0 saturated heterocycles. The zero-order chi connectivity index (χ0) is 22.7. The molecule has 0 radical (unpaired) electrons. The lowest BCUT2D eigenvalue weighted by Gasteiger charge is -2.07. The van der Waals surface area contributed by atoms with Gasteiger partial charge in [0, 0.05) is 34.1 Å². The molecule has 0 unspecified atom stereocenters. The maximum atomic E-state index is 12.9. The van der Waals surface area contributed by atoms with Crippen LogP contribution in [0.25, 0.3) is 22.3 Å². The van der Waals surface area contributed by atoms with Crippen LogP contribution in [0.4, 0.5) is 11.4 Å².